The number of aryl methyl sites for hydroxylation is 1. The molecule has 1 aliphatic heterocycles. The zero-order chi connectivity index (χ0) is 12.4. The molecule has 0 N–H and O–H groups in total. The fourth-order valence-corrected chi connectivity index (χ4v) is 6.99. The normalized spacial score (nSPS) is 22.1. The summed E-state index contributed by atoms with van der Waals surface area (Å²) in [6, 6.07) is 6.29. The standard InChI is InChI=1S/C11H13O.C2H4O2.Hg/c1-8-3-6-11-10(7-8)5-4-9(2)12-11;1-2(3)4;/h3-4,6-7,9H,5H2,1-2H3;1H3,(H,3,4);/q;;+1/p-1. The molecular weight excluding hydrogens is 405 g/mol. The second-order valence-electron chi connectivity index (χ2n) is 4.70. The predicted molar refractivity (Wildman–Crippen MR) is 60.5 cm³/mol. The molecule has 1 aromatic rings. The van der Waals surface area contributed by atoms with Gasteiger partial charge in [0.2, 0.25) is 0 Å². The summed E-state index contributed by atoms with van der Waals surface area (Å²) in [5.74, 6) is 0.865. The Morgan fingerprint density at radius 2 is 2.29 bits per heavy atom. The number of hydrogen-bond acceptors (Lipinski definition) is 3. The van der Waals surface area contributed by atoms with E-state index in [0.717, 1.165) is 12.2 Å². The topological polar surface area (TPSA) is 35.5 Å². The van der Waals surface area contributed by atoms with E-state index in [1.54, 1.807) is 0 Å². The first-order valence-electron chi connectivity index (χ1n) is 5.96. The Morgan fingerprint density at radius 1 is 1.53 bits per heavy atom. The fourth-order valence-electron chi connectivity index (χ4n) is 2.15. The van der Waals surface area contributed by atoms with Gasteiger partial charge in [0.1, 0.15) is 0 Å². The van der Waals surface area contributed by atoms with E-state index in [1.165, 1.54) is 18.1 Å². The number of hydrogen-bond donors (Lipinski definition) is 0. The molecule has 0 aromatic heterocycles. The van der Waals surface area contributed by atoms with Crippen LogP contribution < -0.4 is 4.74 Å². The van der Waals surface area contributed by atoms with Crippen LogP contribution >= 0.6 is 0 Å². The maximum absolute atomic E-state index is 10.9. The molecule has 2 atom stereocenters. The van der Waals surface area contributed by atoms with E-state index in [2.05, 4.69) is 26.0 Å². The number of benzene rings is 1. The molecule has 0 fully saturated rings. The number of rotatable bonds is 2. The molecule has 0 radical (unpaired) electrons. The summed E-state index contributed by atoms with van der Waals surface area (Å²) in [5, 5.41) is 0. The van der Waals surface area contributed by atoms with Crippen LogP contribution in [0.3, 0.4) is 0 Å². The molecule has 0 saturated carbocycles. The van der Waals surface area contributed by atoms with Gasteiger partial charge in [0.25, 0.3) is 0 Å². The second kappa shape index (κ2) is 5.38. The third kappa shape index (κ3) is 3.21. The molecule has 1 heterocycles. The zero-order valence-electron chi connectivity index (χ0n) is 10.5. The minimum atomic E-state index is -1.63. The Labute approximate surface area is 115 Å². The number of carbonyl (C=O) groups is 1. The van der Waals surface area contributed by atoms with E-state index in [9.17, 15) is 4.79 Å². The van der Waals surface area contributed by atoms with Crippen LogP contribution in [0, 0.1) is 6.92 Å². The molecule has 1 aromatic carbocycles. The Balaban J connectivity index is 2.11. The van der Waals surface area contributed by atoms with Gasteiger partial charge in [0.15, 0.2) is 0 Å². The average Bonchev–Trinajstić information content (AvgIpc) is 2.26. The molecule has 4 heteroatoms. The molecule has 0 amide bonds. The first kappa shape index (κ1) is 12.9. The van der Waals surface area contributed by atoms with Gasteiger partial charge < -0.3 is 0 Å². The van der Waals surface area contributed by atoms with E-state index in [0.29, 0.717) is 3.43 Å². The van der Waals surface area contributed by atoms with Crippen LogP contribution in [0.5, 0.6) is 5.75 Å². The van der Waals surface area contributed by atoms with Crippen molar-refractivity contribution in [1.82, 2.24) is 0 Å². The molecule has 3 nitrogen and oxygen atoms in total. The SMILES string of the molecule is CC(=O)[O][Hg][CH]1Cc2cc(C)ccc2OC1C. The molecule has 17 heavy (non-hydrogen) atoms. The summed E-state index contributed by atoms with van der Waals surface area (Å²) >= 11 is -1.63. The van der Waals surface area contributed by atoms with Gasteiger partial charge in [0.05, 0.1) is 0 Å². The van der Waals surface area contributed by atoms with Gasteiger partial charge >= 0.3 is 115 Å². The number of ether oxygens (including phenoxy) is 1. The molecule has 0 saturated heterocycles. The monoisotopic (exact) mass is 422 g/mol. The third-order valence-electron chi connectivity index (χ3n) is 3.18. The van der Waals surface area contributed by atoms with Gasteiger partial charge in [0, 0.05) is 0 Å². The molecule has 0 bridgehead atoms. The van der Waals surface area contributed by atoms with Crippen molar-refractivity contribution in [2.75, 3.05) is 0 Å². The quantitative estimate of drug-likeness (QED) is 0.690. The number of fused-ring (bicyclic) bond motifs is 1. The summed E-state index contributed by atoms with van der Waals surface area (Å²) in [4.78, 5) is 10.9. The van der Waals surface area contributed by atoms with Crippen LogP contribution in [-0.2, 0) is 38.9 Å². The van der Waals surface area contributed by atoms with Crippen molar-refractivity contribution in [2.45, 2.75) is 36.7 Å². The van der Waals surface area contributed by atoms with Crippen LogP contribution in [0.25, 0.3) is 0 Å². The Hall–Kier alpha value is -0.575. The molecule has 2 unspecified atom stereocenters. The summed E-state index contributed by atoms with van der Waals surface area (Å²) in [6.07, 6.45) is 1.19. The van der Waals surface area contributed by atoms with E-state index < -0.39 is 25.0 Å². The second-order valence-corrected chi connectivity index (χ2v) is 11.2. The summed E-state index contributed by atoms with van der Waals surface area (Å²) < 4.78 is 11.7. The summed E-state index contributed by atoms with van der Waals surface area (Å²) in [5.41, 5.74) is 2.52. The van der Waals surface area contributed by atoms with Gasteiger partial charge in [-0.25, -0.2) is 0 Å². The first-order valence-corrected chi connectivity index (χ1v) is 11.4. The Bertz CT molecular complexity index is 431. The van der Waals surface area contributed by atoms with Gasteiger partial charge in [-0.05, 0) is 0 Å². The van der Waals surface area contributed by atoms with Gasteiger partial charge in [-0.2, -0.15) is 0 Å². The first-order chi connectivity index (χ1) is 8.06. The van der Waals surface area contributed by atoms with E-state index in [-0.39, 0.29) is 12.1 Å². The van der Waals surface area contributed by atoms with Crippen LogP contribution in [0.2, 0.25) is 3.43 Å². The predicted octanol–water partition coefficient (Wildman–Crippen LogP) is 2.67. The molecule has 1 aliphatic rings. The molecule has 0 aliphatic carbocycles. The Kier molecular flexibility index (Phi) is 4.07. The van der Waals surface area contributed by atoms with Crippen molar-refractivity contribution in [1.29, 1.82) is 0 Å². The molecule has 88 valence electrons. The van der Waals surface area contributed by atoms with Crippen molar-refractivity contribution in [3.05, 3.63) is 29.3 Å². The van der Waals surface area contributed by atoms with E-state index in [4.69, 9.17) is 7.38 Å². The minimum absolute atomic E-state index is 0.131. The van der Waals surface area contributed by atoms with Crippen LogP contribution in [-0.4, -0.2) is 12.1 Å². The molecule has 0 spiro atoms. The van der Waals surface area contributed by atoms with Crippen molar-refractivity contribution < 1.29 is 37.2 Å². The van der Waals surface area contributed by atoms with E-state index in [1.807, 2.05) is 6.07 Å². The van der Waals surface area contributed by atoms with Crippen molar-refractivity contribution in [3.63, 3.8) is 0 Å². The van der Waals surface area contributed by atoms with Crippen LogP contribution in [0.15, 0.2) is 18.2 Å². The summed E-state index contributed by atoms with van der Waals surface area (Å²) in [6.45, 7) is 5.66. The molecule has 2 rings (SSSR count). The maximum atomic E-state index is 10.9. The van der Waals surface area contributed by atoms with Crippen molar-refractivity contribution in [2.24, 2.45) is 0 Å². The van der Waals surface area contributed by atoms with Gasteiger partial charge in [-0.3, -0.25) is 0 Å². The average molecular weight is 421 g/mol. The molecular formula is C13H16HgO3. The zero-order valence-corrected chi connectivity index (χ0v) is 16.0. The van der Waals surface area contributed by atoms with Crippen molar-refractivity contribution in [3.8, 4) is 5.75 Å². The van der Waals surface area contributed by atoms with Gasteiger partial charge in [-0.1, -0.05) is 0 Å². The van der Waals surface area contributed by atoms with Crippen LogP contribution in [0.1, 0.15) is 25.0 Å². The van der Waals surface area contributed by atoms with Gasteiger partial charge in [-0.15, -0.1) is 0 Å². The number of carbonyl (C=O) groups excluding carboxylic acids is 1. The fraction of sp³-hybridized carbons (Fsp3) is 0.462. The third-order valence-corrected chi connectivity index (χ3v) is 10.8. The summed E-state index contributed by atoms with van der Waals surface area (Å²) in [7, 11) is 0. The van der Waals surface area contributed by atoms with E-state index >= 15 is 0 Å². The van der Waals surface area contributed by atoms with Crippen molar-refractivity contribution >= 4 is 5.97 Å². The van der Waals surface area contributed by atoms with Crippen LogP contribution in [0.4, 0.5) is 0 Å². The Morgan fingerprint density at radius 3 is 3.00 bits per heavy atom.